The van der Waals surface area contributed by atoms with Gasteiger partial charge >= 0.3 is 12.0 Å². The summed E-state index contributed by atoms with van der Waals surface area (Å²) >= 11 is 0. The summed E-state index contributed by atoms with van der Waals surface area (Å²) in [4.78, 5) is 25.3. The summed E-state index contributed by atoms with van der Waals surface area (Å²) in [6.45, 7) is 0.0692. The number of nitrogens with one attached hydrogen (secondary N) is 1. The SMILES string of the molecule is COC(=O)CN(C(=O)NC1CCC1)C1CCCC1. The molecule has 18 heavy (non-hydrogen) atoms. The monoisotopic (exact) mass is 254 g/mol. The van der Waals surface area contributed by atoms with Crippen molar-refractivity contribution in [3.05, 3.63) is 0 Å². The molecule has 2 aliphatic carbocycles. The van der Waals surface area contributed by atoms with Gasteiger partial charge in [0, 0.05) is 12.1 Å². The molecule has 0 saturated heterocycles. The zero-order valence-electron chi connectivity index (χ0n) is 11.0. The summed E-state index contributed by atoms with van der Waals surface area (Å²) in [5.74, 6) is -0.342. The van der Waals surface area contributed by atoms with Crippen molar-refractivity contribution in [2.24, 2.45) is 0 Å². The highest BCUT2D eigenvalue weighted by atomic mass is 16.5. The minimum atomic E-state index is -0.342. The maximum absolute atomic E-state index is 12.2. The van der Waals surface area contributed by atoms with Gasteiger partial charge in [0.1, 0.15) is 6.54 Å². The first-order valence-electron chi connectivity index (χ1n) is 6.84. The minimum Gasteiger partial charge on any atom is -0.468 e. The zero-order chi connectivity index (χ0) is 13.0. The van der Waals surface area contributed by atoms with Crippen LogP contribution < -0.4 is 5.32 Å². The van der Waals surface area contributed by atoms with Crippen LogP contribution in [-0.4, -0.2) is 42.6 Å². The normalized spacial score (nSPS) is 20.3. The maximum Gasteiger partial charge on any atom is 0.325 e. The Balaban J connectivity index is 1.92. The van der Waals surface area contributed by atoms with Crippen LogP contribution in [0.15, 0.2) is 0 Å². The van der Waals surface area contributed by atoms with Crippen LogP contribution in [-0.2, 0) is 9.53 Å². The average Bonchev–Trinajstić information content (AvgIpc) is 2.83. The zero-order valence-corrected chi connectivity index (χ0v) is 11.0. The van der Waals surface area contributed by atoms with E-state index in [9.17, 15) is 9.59 Å². The molecule has 2 rings (SSSR count). The Kier molecular flexibility index (Phi) is 4.44. The fourth-order valence-electron chi connectivity index (χ4n) is 2.60. The summed E-state index contributed by atoms with van der Waals surface area (Å²) < 4.78 is 4.68. The summed E-state index contributed by atoms with van der Waals surface area (Å²) in [7, 11) is 1.36. The van der Waals surface area contributed by atoms with Gasteiger partial charge in [-0.05, 0) is 32.1 Å². The third kappa shape index (κ3) is 3.15. The number of esters is 1. The van der Waals surface area contributed by atoms with Crippen molar-refractivity contribution >= 4 is 12.0 Å². The van der Waals surface area contributed by atoms with Crippen molar-refractivity contribution < 1.29 is 14.3 Å². The van der Waals surface area contributed by atoms with E-state index in [4.69, 9.17) is 0 Å². The molecule has 0 bridgehead atoms. The number of ether oxygens (including phenoxy) is 1. The molecule has 0 aromatic heterocycles. The first kappa shape index (κ1) is 13.2. The largest absolute Gasteiger partial charge is 0.468 e. The highest BCUT2D eigenvalue weighted by Gasteiger charge is 2.30. The first-order valence-corrected chi connectivity index (χ1v) is 6.84. The fraction of sp³-hybridized carbons (Fsp3) is 0.846. The Morgan fingerprint density at radius 3 is 2.33 bits per heavy atom. The topological polar surface area (TPSA) is 58.6 Å². The standard InChI is InChI=1S/C13H22N2O3/c1-18-12(16)9-15(11-7-2-3-8-11)13(17)14-10-5-4-6-10/h10-11H,2-9H2,1H3,(H,14,17). The first-order chi connectivity index (χ1) is 8.70. The van der Waals surface area contributed by atoms with E-state index in [0.29, 0.717) is 6.04 Å². The van der Waals surface area contributed by atoms with Crippen LogP contribution in [0.25, 0.3) is 0 Å². The van der Waals surface area contributed by atoms with E-state index in [1.807, 2.05) is 0 Å². The average molecular weight is 254 g/mol. The van der Waals surface area contributed by atoms with Gasteiger partial charge in [0.2, 0.25) is 0 Å². The molecule has 5 nitrogen and oxygen atoms in total. The Morgan fingerprint density at radius 1 is 1.17 bits per heavy atom. The van der Waals surface area contributed by atoms with Crippen molar-refractivity contribution in [1.29, 1.82) is 0 Å². The molecule has 2 amide bonds. The molecular formula is C13H22N2O3. The molecule has 5 heteroatoms. The van der Waals surface area contributed by atoms with Gasteiger partial charge < -0.3 is 15.0 Å². The Bertz CT molecular complexity index is 309. The molecule has 2 saturated carbocycles. The lowest BCUT2D eigenvalue weighted by Gasteiger charge is -2.33. The lowest BCUT2D eigenvalue weighted by molar-refractivity contribution is -0.141. The second kappa shape index (κ2) is 6.07. The van der Waals surface area contributed by atoms with Crippen LogP contribution in [0.1, 0.15) is 44.9 Å². The number of carbonyl (C=O) groups excluding carboxylic acids is 2. The molecular weight excluding hydrogens is 232 g/mol. The quantitative estimate of drug-likeness (QED) is 0.776. The van der Waals surface area contributed by atoms with E-state index < -0.39 is 0 Å². The molecule has 2 fully saturated rings. The number of nitrogens with zero attached hydrogens (tertiary/aromatic N) is 1. The van der Waals surface area contributed by atoms with Gasteiger partial charge in [0.25, 0.3) is 0 Å². The molecule has 1 N–H and O–H groups in total. The van der Waals surface area contributed by atoms with E-state index in [-0.39, 0.29) is 24.6 Å². The van der Waals surface area contributed by atoms with Gasteiger partial charge in [-0.3, -0.25) is 4.79 Å². The number of hydrogen-bond donors (Lipinski definition) is 1. The Labute approximate surface area is 108 Å². The van der Waals surface area contributed by atoms with Crippen molar-refractivity contribution in [2.45, 2.75) is 57.0 Å². The molecule has 0 aliphatic heterocycles. The van der Waals surface area contributed by atoms with E-state index in [0.717, 1.165) is 38.5 Å². The van der Waals surface area contributed by atoms with Gasteiger partial charge in [-0.25, -0.2) is 4.79 Å². The van der Waals surface area contributed by atoms with E-state index in [1.54, 1.807) is 4.90 Å². The van der Waals surface area contributed by atoms with Crippen LogP contribution in [0, 0.1) is 0 Å². The van der Waals surface area contributed by atoms with Crippen LogP contribution in [0.4, 0.5) is 4.79 Å². The fourth-order valence-corrected chi connectivity index (χ4v) is 2.60. The summed E-state index contributed by atoms with van der Waals surface area (Å²) in [5, 5.41) is 3.00. The highest BCUT2D eigenvalue weighted by molar-refractivity contribution is 5.81. The summed E-state index contributed by atoms with van der Waals surface area (Å²) in [6.07, 6.45) is 7.57. The third-order valence-corrected chi connectivity index (χ3v) is 3.99. The number of amides is 2. The maximum atomic E-state index is 12.2. The molecule has 0 aromatic carbocycles. The summed E-state index contributed by atoms with van der Waals surface area (Å²) in [5.41, 5.74) is 0. The molecule has 0 radical (unpaired) electrons. The van der Waals surface area contributed by atoms with Crippen LogP contribution in [0.2, 0.25) is 0 Å². The van der Waals surface area contributed by atoms with E-state index in [2.05, 4.69) is 10.1 Å². The minimum absolute atomic E-state index is 0.0692. The molecule has 0 aromatic rings. The third-order valence-electron chi connectivity index (χ3n) is 3.99. The van der Waals surface area contributed by atoms with Gasteiger partial charge in [-0.1, -0.05) is 12.8 Å². The van der Waals surface area contributed by atoms with Gasteiger partial charge in [0.05, 0.1) is 7.11 Å². The van der Waals surface area contributed by atoms with Crippen molar-refractivity contribution in [1.82, 2.24) is 10.2 Å². The van der Waals surface area contributed by atoms with Gasteiger partial charge in [-0.15, -0.1) is 0 Å². The lowest BCUT2D eigenvalue weighted by atomic mass is 9.93. The second-order valence-electron chi connectivity index (χ2n) is 5.22. The van der Waals surface area contributed by atoms with Crippen LogP contribution in [0.5, 0.6) is 0 Å². The lowest BCUT2D eigenvalue weighted by Crippen LogP contribution is -2.52. The Hall–Kier alpha value is -1.26. The molecule has 0 unspecified atom stereocenters. The Morgan fingerprint density at radius 2 is 1.83 bits per heavy atom. The van der Waals surface area contributed by atoms with Crippen LogP contribution >= 0.6 is 0 Å². The van der Waals surface area contributed by atoms with E-state index >= 15 is 0 Å². The second-order valence-corrected chi connectivity index (χ2v) is 5.22. The van der Waals surface area contributed by atoms with Gasteiger partial charge in [0.15, 0.2) is 0 Å². The number of rotatable bonds is 4. The predicted molar refractivity (Wildman–Crippen MR) is 67.1 cm³/mol. The van der Waals surface area contributed by atoms with Crippen molar-refractivity contribution in [3.8, 4) is 0 Å². The number of urea groups is 1. The van der Waals surface area contributed by atoms with E-state index in [1.165, 1.54) is 13.5 Å². The number of methoxy groups -OCH3 is 1. The highest BCUT2D eigenvalue weighted by Crippen LogP contribution is 2.24. The predicted octanol–water partition coefficient (Wildman–Crippen LogP) is 1.67. The molecule has 0 spiro atoms. The van der Waals surface area contributed by atoms with Gasteiger partial charge in [-0.2, -0.15) is 0 Å². The van der Waals surface area contributed by atoms with Crippen molar-refractivity contribution in [3.63, 3.8) is 0 Å². The molecule has 0 atom stereocenters. The van der Waals surface area contributed by atoms with Crippen molar-refractivity contribution in [2.75, 3.05) is 13.7 Å². The molecule has 2 aliphatic rings. The molecule has 102 valence electrons. The molecule has 0 heterocycles. The van der Waals surface area contributed by atoms with Crippen LogP contribution in [0.3, 0.4) is 0 Å². The smallest absolute Gasteiger partial charge is 0.325 e. The number of hydrogen-bond acceptors (Lipinski definition) is 3. The number of carbonyl (C=O) groups is 2. The summed E-state index contributed by atoms with van der Waals surface area (Å²) in [6, 6.07) is 0.403.